The maximum absolute atomic E-state index is 12.9. The molecule has 1 aromatic rings. The van der Waals surface area contributed by atoms with Crippen LogP contribution in [0.1, 0.15) is 17.3 Å². The van der Waals surface area contributed by atoms with Crippen molar-refractivity contribution in [3.05, 3.63) is 48.6 Å². The zero-order valence-corrected chi connectivity index (χ0v) is 16.8. The molecule has 1 aromatic carbocycles. The highest BCUT2D eigenvalue weighted by Crippen LogP contribution is 2.44. The van der Waals surface area contributed by atoms with Gasteiger partial charge >= 0.3 is 11.9 Å². The van der Waals surface area contributed by atoms with Crippen molar-refractivity contribution in [3.63, 3.8) is 0 Å². The van der Waals surface area contributed by atoms with Crippen molar-refractivity contribution in [1.82, 2.24) is 9.80 Å². The molecule has 2 aliphatic heterocycles. The summed E-state index contributed by atoms with van der Waals surface area (Å²) in [6.07, 6.45) is 1.56. The molecule has 8 nitrogen and oxygen atoms in total. The number of hydrogen-bond donors (Lipinski definition) is 1. The normalized spacial score (nSPS) is 25.4. The SMILES string of the molecule is C=CCN(C(=O)c1ccccc1)C1C(=O)N2CC(COC(C)=O)(C(=O)O)CS[C@H]12. The van der Waals surface area contributed by atoms with Crippen LogP contribution in [0, 0.1) is 5.41 Å². The number of amides is 2. The topological polar surface area (TPSA) is 104 Å². The number of carbonyl (C=O) groups excluding carboxylic acids is 3. The largest absolute Gasteiger partial charge is 0.481 e. The molecule has 2 fully saturated rings. The maximum Gasteiger partial charge on any atom is 0.315 e. The highest BCUT2D eigenvalue weighted by Gasteiger charge is 2.59. The highest BCUT2D eigenvalue weighted by molar-refractivity contribution is 8.00. The maximum atomic E-state index is 12.9. The van der Waals surface area contributed by atoms with E-state index in [1.807, 2.05) is 0 Å². The lowest BCUT2D eigenvalue weighted by atomic mass is 9.87. The van der Waals surface area contributed by atoms with Gasteiger partial charge in [0, 0.05) is 31.3 Å². The molecule has 2 aliphatic rings. The summed E-state index contributed by atoms with van der Waals surface area (Å²) >= 11 is 1.28. The molecule has 1 N–H and O–H groups in total. The van der Waals surface area contributed by atoms with Crippen molar-refractivity contribution in [1.29, 1.82) is 0 Å². The number of hydrogen-bond acceptors (Lipinski definition) is 6. The molecular formula is C20H22N2O6S. The molecule has 29 heavy (non-hydrogen) atoms. The Balaban J connectivity index is 1.79. The Morgan fingerprint density at radius 1 is 1.38 bits per heavy atom. The van der Waals surface area contributed by atoms with Gasteiger partial charge in [-0.1, -0.05) is 24.3 Å². The first-order valence-electron chi connectivity index (χ1n) is 9.06. The van der Waals surface area contributed by atoms with E-state index in [0.717, 1.165) is 0 Å². The van der Waals surface area contributed by atoms with Crippen LogP contribution in [0.4, 0.5) is 0 Å². The first kappa shape index (κ1) is 20.9. The second-order valence-corrected chi connectivity index (χ2v) is 8.20. The van der Waals surface area contributed by atoms with Crippen LogP contribution in [0.3, 0.4) is 0 Å². The van der Waals surface area contributed by atoms with Gasteiger partial charge in [-0.05, 0) is 12.1 Å². The van der Waals surface area contributed by atoms with Gasteiger partial charge in [-0.3, -0.25) is 19.2 Å². The van der Waals surface area contributed by atoms with Gasteiger partial charge in [0.05, 0.1) is 0 Å². The molecule has 0 saturated carbocycles. The van der Waals surface area contributed by atoms with Gasteiger partial charge in [0.25, 0.3) is 5.91 Å². The van der Waals surface area contributed by atoms with Gasteiger partial charge in [0.2, 0.25) is 5.91 Å². The number of benzene rings is 1. The molecule has 154 valence electrons. The number of ether oxygens (including phenoxy) is 1. The number of carboxylic acids is 1. The smallest absolute Gasteiger partial charge is 0.315 e. The third kappa shape index (κ3) is 3.87. The highest BCUT2D eigenvalue weighted by atomic mass is 32.2. The van der Waals surface area contributed by atoms with Crippen LogP contribution >= 0.6 is 11.8 Å². The van der Waals surface area contributed by atoms with Crippen LogP contribution in [0.2, 0.25) is 0 Å². The van der Waals surface area contributed by atoms with E-state index in [0.29, 0.717) is 5.56 Å². The molecular weight excluding hydrogens is 396 g/mol. The first-order valence-corrected chi connectivity index (χ1v) is 10.1. The van der Waals surface area contributed by atoms with E-state index in [4.69, 9.17) is 4.74 Å². The van der Waals surface area contributed by atoms with Crippen LogP contribution in [-0.4, -0.2) is 75.5 Å². The number of carboxylic acid groups (broad SMARTS) is 1. The Labute approximate surface area is 172 Å². The summed E-state index contributed by atoms with van der Waals surface area (Å²) in [4.78, 5) is 51.8. The minimum absolute atomic E-state index is 0.0654. The molecule has 0 radical (unpaired) electrons. The van der Waals surface area contributed by atoms with E-state index in [1.54, 1.807) is 36.4 Å². The molecule has 0 bridgehead atoms. The van der Waals surface area contributed by atoms with E-state index in [1.165, 1.54) is 28.5 Å². The van der Waals surface area contributed by atoms with Crippen LogP contribution in [0.15, 0.2) is 43.0 Å². The summed E-state index contributed by atoms with van der Waals surface area (Å²) in [6, 6.07) is 7.98. The van der Waals surface area contributed by atoms with Crippen LogP contribution in [0.5, 0.6) is 0 Å². The van der Waals surface area contributed by atoms with Crippen molar-refractivity contribution in [3.8, 4) is 0 Å². The lowest BCUT2D eigenvalue weighted by Crippen LogP contribution is -2.74. The van der Waals surface area contributed by atoms with Gasteiger partial charge < -0.3 is 19.6 Å². The average Bonchev–Trinajstić information content (AvgIpc) is 2.71. The van der Waals surface area contributed by atoms with Gasteiger partial charge in [-0.15, -0.1) is 18.3 Å². The number of rotatable bonds is 7. The second kappa shape index (κ2) is 8.28. The Hall–Kier alpha value is -2.81. The molecule has 2 heterocycles. The first-order chi connectivity index (χ1) is 13.8. The predicted molar refractivity (Wildman–Crippen MR) is 106 cm³/mol. The van der Waals surface area contributed by atoms with Crippen molar-refractivity contribution in [2.45, 2.75) is 18.3 Å². The minimum atomic E-state index is -1.36. The lowest BCUT2D eigenvalue weighted by molar-refractivity contribution is -0.166. The fraction of sp³-hybridized carbons (Fsp3) is 0.400. The summed E-state index contributed by atoms with van der Waals surface area (Å²) in [5.41, 5.74) is -0.892. The van der Waals surface area contributed by atoms with E-state index in [-0.39, 0.29) is 42.6 Å². The van der Waals surface area contributed by atoms with Crippen LogP contribution in [0.25, 0.3) is 0 Å². The molecule has 2 amide bonds. The monoisotopic (exact) mass is 418 g/mol. The zero-order valence-electron chi connectivity index (χ0n) is 15.9. The van der Waals surface area contributed by atoms with E-state index in [9.17, 15) is 24.3 Å². The molecule has 3 atom stereocenters. The quantitative estimate of drug-likeness (QED) is 0.403. The van der Waals surface area contributed by atoms with Gasteiger partial charge in [-0.2, -0.15) is 0 Å². The van der Waals surface area contributed by atoms with Crippen molar-refractivity contribution < 1.29 is 29.0 Å². The Bertz CT molecular complexity index is 845. The van der Waals surface area contributed by atoms with Crippen LogP contribution < -0.4 is 0 Å². The number of esters is 1. The zero-order chi connectivity index (χ0) is 21.2. The minimum Gasteiger partial charge on any atom is -0.481 e. The number of nitrogens with zero attached hydrogens (tertiary/aromatic N) is 2. The number of fused-ring (bicyclic) bond motifs is 1. The van der Waals surface area contributed by atoms with Crippen molar-refractivity contribution in [2.24, 2.45) is 5.41 Å². The van der Waals surface area contributed by atoms with Crippen molar-refractivity contribution >= 4 is 35.5 Å². The molecule has 0 spiro atoms. The van der Waals surface area contributed by atoms with E-state index < -0.39 is 23.4 Å². The molecule has 2 unspecified atom stereocenters. The van der Waals surface area contributed by atoms with E-state index in [2.05, 4.69) is 6.58 Å². The standard InChI is InChI=1S/C20H22N2O6S/c1-3-9-21(16(24)14-7-5-4-6-8-14)15-17(25)22-10-20(19(26)27,11-28-13(2)23)12-29-18(15)22/h3-8,15,18H,1,9-12H2,2H3,(H,26,27)/t15?,18-,20?/m1/s1. The summed E-state index contributed by atoms with van der Waals surface area (Å²) in [6.45, 7) is 4.73. The Morgan fingerprint density at radius 3 is 2.66 bits per heavy atom. The second-order valence-electron chi connectivity index (χ2n) is 7.09. The summed E-state index contributed by atoms with van der Waals surface area (Å²) in [5, 5.41) is 9.34. The molecule has 3 rings (SSSR count). The predicted octanol–water partition coefficient (Wildman–Crippen LogP) is 1.23. The third-order valence-corrected chi connectivity index (χ3v) is 6.64. The fourth-order valence-corrected chi connectivity index (χ4v) is 5.08. The Morgan fingerprint density at radius 2 is 2.07 bits per heavy atom. The molecule has 0 aliphatic carbocycles. The van der Waals surface area contributed by atoms with Crippen molar-refractivity contribution in [2.75, 3.05) is 25.4 Å². The summed E-state index contributed by atoms with van der Waals surface area (Å²) in [5.74, 6) is -2.12. The number of aliphatic carboxylic acids is 1. The van der Waals surface area contributed by atoms with Gasteiger partial charge in [0.15, 0.2) is 0 Å². The molecule has 0 aromatic heterocycles. The molecule has 9 heteroatoms. The number of carbonyl (C=O) groups is 4. The number of β-lactam (4-membered cyclic amide) rings is 1. The summed E-state index contributed by atoms with van der Waals surface area (Å²) in [7, 11) is 0. The summed E-state index contributed by atoms with van der Waals surface area (Å²) < 4.78 is 4.95. The van der Waals surface area contributed by atoms with Crippen LogP contribution in [-0.2, 0) is 19.1 Å². The van der Waals surface area contributed by atoms with Gasteiger partial charge in [-0.25, -0.2) is 0 Å². The average molecular weight is 418 g/mol. The Kier molecular flexibility index (Phi) is 5.97. The third-order valence-electron chi connectivity index (χ3n) is 5.07. The fourth-order valence-electron chi connectivity index (χ4n) is 3.49. The molecule has 2 saturated heterocycles. The van der Waals surface area contributed by atoms with E-state index >= 15 is 0 Å². The lowest BCUT2D eigenvalue weighted by Gasteiger charge is -2.56. The van der Waals surface area contributed by atoms with Gasteiger partial charge in [0.1, 0.15) is 23.4 Å². The number of thioether (sulfide) groups is 1.